The summed E-state index contributed by atoms with van der Waals surface area (Å²) in [6.07, 6.45) is 0. The van der Waals surface area contributed by atoms with Gasteiger partial charge in [0.1, 0.15) is 5.69 Å². The lowest BCUT2D eigenvalue weighted by Crippen LogP contribution is -1.89. The van der Waals surface area contributed by atoms with Gasteiger partial charge in [0.2, 0.25) is 5.88 Å². The number of rotatable bonds is 3. The largest absolute Gasteiger partial charge is 0.380 e. The quantitative estimate of drug-likeness (QED) is 0.893. The standard InChI is InChI=1S/C11H11ClN2O2/c1-15-6-8-3-2-7(4-9(8)12)10-5-11(13)16-14-10/h2-5H,6,13H2,1H3. The maximum atomic E-state index is 6.10. The number of ether oxygens (including phenoxy) is 1. The summed E-state index contributed by atoms with van der Waals surface area (Å²) < 4.78 is 9.82. The fourth-order valence-corrected chi connectivity index (χ4v) is 1.64. The lowest BCUT2D eigenvalue weighted by Gasteiger charge is -2.04. The summed E-state index contributed by atoms with van der Waals surface area (Å²) in [7, 11) is 1.63. The highest BCUT2D eigenvalue weighted by molar-refractivity contribution is 6.31. The van der Waals surface area contributed by atoms with Gasteiger partial charge in [0.15, 0.2) is 0 Å². The number of nitrogens with zero attached hydrogens (tertiary/aromatic N) is 1. The van der Waals surface area contributed by atoms with E-state index < -0.39 is 0 Å². The third-order valence-corrected chi connectivity index (χ3v) is 2.53. The van der Waals surface area contributed by atoms with Crippen LogP contribution < -0.4 is 5.73 Å². The maximum Gasteiger partial charge on any atom is 0.222 e. The summed E-state index contributed by atoms with van der Waals surface area (Å²) in [5.41, 5.74) is 7.92. The molecule has 1 heterocycles. The Morgan fingerprint density at radius 1 is 1.44 bits per heavy atom. The molecule has 0 amide bonds. The Kier molecular flexibility index (Phi) is 3.12. The van der Waals surface area contributed by atoms with Gasteiger partial charge in [-0.25, -0.2) is 0 Å². The summed E-state index contributed by atoms with van der Waals surface area (Å²) in [4.78, 5) is 0. The van der Waals surface area contributed by atoms with Crippen molar-refractivity contribution in [2.45, 2.75) is 6.61 Å². The van der Waals surface area contributed by atoms with E-state index in [0.29, 0.717) is 17.3 Å². The van der Waals surface area contributed by atoms with Crippen LogP contribution in [-0.4, -0.2) is 12.3 Å². The van der Waals surface area contributed by atoms with E-state index in [1.165, 1.54) is 0 Å². The number of hydrogen-bond donors (Lipinski definition) is 1. The second-order valence-corrected chi connectivity index (χ2v) is 3.76. The van der Waals surface area contributed by atoms with Crippen molar-refractivity contribution in [3.8, 4) is 11.3 Å². The zero-order valence-corrected chi connectivity index (χ0v) is 9.49. The molecule has 0 saturated carbocycles. The van der Waals surface area contributed by atoms with E-state index in [9.17, 15) is 0 Å². The van der Waals surface area contributed by atoms with Crippen LogP contribution in [0, 0.1) is 0 Å². The van der Waals surface area contributed by atoms with Gasteiger partial charge in [-0.3, -0.25) is 0 Å². The molecule has 2 N–H and O–H groups in total. The fraction of sp³-hybridized carbons (Fsp3) is 0.182. The summed E-state index contributed by atoms with van der Waals surface area (Å²) in [5.74, 6) is 0.284. The van der Waals surface area contributed by atoms with E-state index >= 15 is 0 Å². The van der Waals surface area contributed by atoms with Crippen molar-refractivity contribution in [1.29, 1.82) is 0 Å². The van der Waals surface area contributed by atoms with E-state index in [1.807, 2.05) is 18.2 Å². The molecule has 0 fully saturated rings. The van der Waals surface area contributed by atoms with E-state index in [-0.39, 0.29) is 5.88 Å². The van der Waals surface area contributed by atoms with Gasteiger partial charge in [-0.05, 0) is 11.6 Å². The normalized spacial score (nSPS) is 10.6. The van der Waals surface area contributed by atoms with Crippen molar-refractivity contribution in [3.05, 3.63) is 34.9 Å². The molecule has 84 valence electrons. The summed E-state index contributed by atoms with van der Waals surface area (Å²) in [5, 5.41) is 4.45. The topological polar surface area (TPSA) is 61.3 Å². The molecule has 2 rings (SSSR count). The number of nitrogen functional groups attached to an aromatic ring is 1. The molecule has 0 aliphatic rings. The number of nitrogens with two attached hydrogens (primary N) is 1. The van der Waals surface area contributed by atoms with Crippen molar-refractivity contribution >= 4 is 17.5 Å². The Bertz CT molecular complexity index is 496. The molecule has 0 saturated heterocycles. The van der Waals surface area contributed by atoms with Gasteiger partial charge in [-0.1, -0.05) is 28.9 Å². The first-order chi connectivity index (χ1) is 7.70. The summed E-state index contributed by atoms with van der Waals surface area (Å²) in [6.45, 7) is 0.486. The average Bonchev–Trinajstić information content (AvgIpc) is 2.68. The van der Waals surface area contributed by atoms with Crippen LogP contribution in [0.25, 0.3) is 11.3 Å². The molecule has 0 unspecified atom stereocenters. The second-order valence-electron chi connectivity index (χ2n) is 3.35. The third-order valence-electron chi connectivity index (χ3n) is 2.18. The summed E-state index contributed by atoms with van der Waals surface area (Å²) in [6, 6.07) is 7.26. The van der Waals surface area contributed by atoms with E-state index in [1.54, 1.807) is 13.2 Å². The minimum atomic E-state index is 0.284. The van der Waals surface area contributed by atoms with Gasteiger partial charge in [-0.2, -0.15) is 0 Å². The molecule has 0 atom stereocenters. The molecule has 0 radical (unpaired) electrons. The highest BCUT2D eigenvalue weighted by atomic mass is 35.5. The van der Waals surface area contributed by atoms with Crippen LogP contribution in [0.1, 0.15) is 5.56 Å². The van der Waals surface area contributed by atoms with Gasteiger partial charge in [0.25, 0.3) is 0 Å². The molecule has 1 aromatic carbocycles. The van der Waals surface area contributed by atoms with E-state index in [2.05, 4.69) is 5.16 Å². The van der Waals surface area contributed by atoms with E-state index in [4.69, 9.17) is 26.6 Å². The molecule has 4 nitrogen and oxygen atoms in total. The summed E-state index contributed by atoms with van der Waals surface area (Å²) >= 11 is 6.10. The van der Waals surface area contributed by atoms with Crippen molar-refractivity contribution in [2.75, 3.05) is 12.8 Å². The van der Waals surface area contributed by atoms with E-state index in [0.717, 1.165) is 11.1 Å². The van der Waals surface area contributed by atoms with Crippen molar-refractivity contribution < 1.29 is 9.26 Å². The predicted molar refractivity (Wildman–Crippen MR) is 62.1 cm³/mol. The maximum absolute atomic E-state index is 6.10. The Labute approximate surface area is 97.9 Å². The first kappa shape index (κ1) is 11.0. The van der Waals surface area contributed by atoms with Crippen LogP contribution in [0.2, 0.25) is 5.02 Å². The lowest BCUT2D eigenvalue weighted by molar-refractivity contribution is 0.185. The molecule has 0 spiro atoms. The Balaban J connectivity index is 2.34. The molecule has 0 aliphatic carbocycles. The number of anilines is 1. The smallest absolute Gasteiger partial charge is 0.222 e. The highest BCUT2D eigenvalue weighted by Crippen LogP contribution is 2.26. The minimum absolute atomic E-state index is 0.284. The van der Waals surface area contributed by atoms with Crippen LogP contribution in [-0.2, 0) is 11.3 Å². The second kappa shape index (κ2) is 4.55. The molecule has 0 aliphatic heterocycles. The Morgan fingerprint density at radius 3 is 2.81 bits per heavy atom. The van der Waals surface area contributed by atoms with Crippen LogP contribution >= 0.6 is 11.6 Å². The minimum Gasteiger partial charge on any atom is -0.380 e. The lowest BCUT2D eigenvalue weighted by atomic mass is 10.1. The monoisotopic (exact) mass is 238 g/mol. The number of benzene rings is 1. The predicted octanol–water partition coefficient (Wildman–Crippen LogP) is 2.72. The van der Waals surface area contributed by atoms with Gasteiger partial charge in [0.05, 0.1) is 6.61 Å². The van der Waals surface area contributed by atoms with Crippen LogP contribution in [0.3, 0.4) is 0 Å². The van der Waals surface area contributed by atoms with Crippen molar-refractivity contribution in [3.63, 3.8) is 0 Å². The number of hydrogen-bond acceptors (Lipinski definition) is 4. The zero-order valence-electron chi connectivity index (χ0n) is 8.74. The Morgan fingerprint density at radius 2 is 2.25 bits per heavy atom. The fourth-order valence-electron chi connectivity index (χ4n) is 1.40. The van der Waals surface area contributed by atoms with Gasteiger partial charge in [0, 0.05) is 23.8 Å². The molecule has 5 heteroatoms. The molecule has 1 aromatic heterocycles. The van der Waals surface area contributed by atoms with Gasteiger partial charge in [-0.15, -0.1) is 0 Å². The SMILES string of the molecule is COCc1ccc(-c2cc(N)on2)cc1Cl. The third kappa shape index (κ3) is 2.18. The van der Waals surface area contributed by atoms with Crippen molar-refractivity contribution in [1.82, 2.24) is 5.16 Å². The number of methoxy groups -OCH3 is 1. The van der Waals surface area contributed by atoms with Crippen LogP contribution in [0.4, 0.5) is 5.88 Å². The molecular formula is C11H11ClN2O2. The highest BCUT2D eigenvalue weighted by Gasteiger charge is 2.07. The van der Waals surface area contributed by atoms with Gasteiger partial charge < -0.3 is 15.0 Å². The van der Waals surface area contributed by atoms with Crippen LogP contribution in [0.15, 0.2) is 28.8 Å². The first-order valence-electron chi connectivity index (χ1n) is 4.70. The molecular weight excluding hydrogens is 228 g/mol. The molecule has 2 aromatic rings. The molecule has 0 bridgehead atoms. The number of aromatic nitrogens is 1. The van der Waals surface area contributed by atoms with Crippen molar-refractivity contribution in [2.24, 2.45) is 0 Å². The number of halogens is 1. The zero-order chi connectivity index (χ0) is 11.5. The van der Waals surface area contributed by atoms with Crippen LogP contribution in [0.5, 0.6) is 0 Å². The van der Waals surface area contributed by atoms with Gasteiger partial charge >= 0.3 is 0 Å². The first-order valence-corrected chi connectivity index (χ1v) is 5.08. The average molecular weight is 239 g/mol. The Hall–Kier alpha value is -1.52. The molecule has 16 heavy (non-hydrogen) atoms.